The molecule has 0 bridgehead atoms. The van der Waals surface area contributed by atoms with Gasteiger partial charge in [0.15, 0.2) is 0 Å². The average molecular weight is 248 g/mol. The molecule has 0 aliphatic carbocycles. The molecule has 0 saturated carbocycles. The monoisotopic (exact) mass is 248 g/mol. The van der Waals surface area contributed by atoms with Crippen molar-refractivity contribution in [1.82, 2.24) is 4.90 Å². The number of oxime groups is 1. The number of carbonyl (C=O) groups is 1. The van der Waals surface area contributed by atoms with E-state index >= 15 is 0 Å². The molecule has 0 amide bonds. The highest BCUT2D eigenvalue weighted by Gasteiger charge is 2.18. The normalized spacial score (nSPS) is 18.7. The van der Waals surface area contributed by atoms with Gasteiger partial charge in [0, 0.05) is 25.4 Å². The van der Waals surface area contributed by atoms with E-state index in [2.05, 4.69) is 5.16 Å². The Bertz CT molecular complexity index is 254. The van der Waals surface area contributed by atoms with E-state index in [0.717, 1.165) is 24.9 Å². The third kappa shape index (κ3) is 4.48. The lowest BCUT2D eigenvalue weighted by molar-refractivity contribution is -0.105. The highest BCUT2D eigenvalue weighted by Crippen LogP contribution is 2.05. The van der Waals surface area contributed by atoms with Crippen LogP contribution in [-0.2, 0) is 9.53 Å². The van der Waals surface area contributed by atoms with Crippen LogP contribution in [0.15, 0.2) is 5.16 Å². The minimum atomic E-state index is -0.289. The summed E-state index contributed by atoms with van der Waals surface area (Å²) >= 11 is 0.960. The molecule has 0 radical (unpaired) electrons. The molecule has 1 aliphatic heterocycles. The number of aliphatic hydroxyl groups is 1. The Morgan fingerprint density at radius 3 is 2.69 bits per heavy atom. The number of carbonyl (C=O) groups excluding carboxylic acids is 1. The predicted octanol–water partition coefficient (Wildman–Crippen LogP) is -0.599. The molecule has 1 aliphatic rings. The van der Waals surface area contributed by atoms with Gasteiger partial charge < -0.3 is 15.1 Å². The van der Waals surface area contributed by atoms with Gasteiger partial charge in [0.2, 0.25) is 5.12 Å². The fraction of sp³-hybridized carbons (Fsp3) is 0.778. The molecule has 1 saturated heterocycles. The first-order chi connectivity index (χ1) is 7.77. The number of rotatable bonds is 5. The molecule has 0 aromatic carbocycles. The van der Waals surface area contributed by atoms with Gasteiger partial charge in [-0.25, -0.2) is 0 Å². The Kier molecular flexibility index (Phi) is 6.39. The lowest BCUT2D eigenvalue weighted by Gasteiger charge is -2.26. The topological polar surface area (TPSA) is 82.4 Å². The third-order valence-corrected chi connectivity index (χ3v) is 3.04. The van der Waals surface area contributed by atoms with Gasteiger partial charge in [0.1, 0.15) is 5.71 Å². The van der Waals surface area contributed by atoms with Crippen LogP contribution < -0.4 is 0 Å². The van der Waals surface area contributed by atoms with Gasteiger partial charge in [-0.05, 0) is 0 Å². The molecular formula is C9H16N2O4S. The zero-order valence-electron chi connectivity index (χ0n) is 8.96. The maximum absolute atomic E-state index is 11.5. The number of nitrogens with zero attached hydrogens (tertiary/aromatic N) is 2. The molecule has 2 N–H and O–H groups in total. The van der Waals surface area contributed by atoms with Gasteiger partial charge in [-0.2, -0.15) is 0 Å². The predicted molar refractivity (Wildman–Crippen MR) is 61.0 cm³/mol. The van der Waals surface area contributed by atoms with Gasteiger partial charge in [-0.1, -0.05) is 16.9 Å². The molecule has 6 nitrogen and oxygen atoms in total. The first-order valence-corrected chi connectivity index (χ1v) is 6.05. The van der Waals surface area contributed by atoms with Crippen LogP contribution >= 0.6 is 11.8 Å². The minimum Gasteiger partial charge on any atom is -0.410 e. The van der Waals surface area contributed by atoms with Crippen molar-refractivity contribution >= 4 is 22.6 Å². The van der Waals surface area contributed by atoms with Crippen LogP contribution in [0.1, 0.15) is 0 Å². The average Bonchev–Trinajstić information content (AvgIpc) is 2.34. The summed E-state index contributed by atoms with van der Waals surface area (Å²) in [6, 6.07) is 0. The van der Waals surface area contributed by atoms with Gasteiger partial charge in [0.25, 0.3) is 0 Å². The zero-order chi connectivity index (χ0) is 11.8. The summed E-state index contributed by atoms with van der Waals surface area (Å²) in [6.45, 7) is 3.01. The lowest BCUT2D eigenvalue weighted by Crippen LogP contribution is -2.41. The number of ether oxygens (including phenoxy) is 1. The zero-order valence-corrected chi connectivity index (χ0v) is 9.78. The number of aliphatic hydroxyl groups excluding tert-OH is 1. The van der Waals surface area contributed by atoms with E-state index in [4.69, 9.17) is 15.1 Å². The van der Waals surface area contributed by atoms with Crippen molar-refractivity contribution in [3.63, 3.8) is 0 Å². The van der Waals surface area contributed by atoms with Crippen molar-refractivity contribution in [2.75, 3.05) is 45.2 Å². The largest absolute Gasteiger partial charge is 0.410 e. The van der Waals surface area contributed by atoms with Crippen LogP contribution in [-0.4, -0.2) is 71.2 Å². The van der Waals surface area contributed by atoms with E-state index in [1.165, 1.54) is 0 Å². The molecule has 0 aromatic heterocycles. The van der Waals surface area contributed by atoms with Crippen LogP contribution in [0.25, 0.3) is 0 Å². The van der Waals surface area contributed by atoms with Gasteiger partial charge >= 0.3 is 0 Å². The quantitative estimate of drug-likeness (QED) is 0.384. The van der Waals surface area contributed by atoms with E-state index in [-0.39, 0.29) is 17.4 Å². The summed E-state index contributed by atoms with van der Waals surface area (Å²) < 4.78 is 5.17. The van der Waals surface area contributed by atoms with E-state index in [9.17, 15) is 4.79 Å². The maximum atomic E-state index is 11.5. The van der Waals surface area contributed by atoms with Crippen LogP contribution in [0.5, 0.6) is 0 Å². The molecule has 0 unspecified atom stereocenters. The van der Waals surface area contributed by atoms with Crippen LogP contribution in [0, 0.1) is 0 Å². The summed E-state index contributed by atoms with van der Waals surface area (Å²) in [5.74, 6) is 0.320. The van der Waals surface area contributed by atoms with E-state index in [1.54, 1.807) is 0 Å². The summed E-state index contributed by atoms with van der Waals surface area (Å²) in [7, 11) is 0. The summed E-state index contributed by atoms with van der Waals surface area (Å²) in [5, 5.41) is 20.1. The number of hydrogen-bond donors (Lipinski definition) is 2. The van der Waals surface area contributed by atoms with E-state index in [0.29, 0.717) is 25.5 Å². The Labute approximate surface area is 98.2 Å². The Morgan fingerprint density at radius 2 is 2.12 bits per heavy atom. The maximum Gasteiger partial charge on any atom is 0.238 e. The van der Waals surface area contributed by atoms with Crippen molar-refractivity contribution in [1.29, 1.82) is 0 Å². The Balaban J connectivity index is 2.38. The van der Waals surface area contributed by atoms with Crippen LogP contribution in [0.4, 0.5) is 0 Å². The van der Waals surface area contributed by atoms with Crippen molar-refractivity contribution in [3.8, 4) is 0 Å². The van der Waals surface area contributed by atoms with Gasteiger partial charge in [0.05, 0.1) is 19.8 Å². The molecule has 7 heteroatoms. The van der Waals surface area contributed by atoms with Crippen LogP contribution in [0.2, 0.25) is 0 Å². The SMILES string of the molecule is O=C(SCCO)C(CN1CCOCC1)=NO. The highest BCUT2D eigenvalue weighted by atomic mass is 32.2. The lowest BCUT2D eigenvalue weighted by atomic mass is 10.3. The summed E-state index contributed by atoms with van der Waals surface area (Å²) in [5.41, 5.74) is 0.125. The molecule has 16 heavy (non-hydrogen) atoms. The molecule has 0 spiro atoms. The molecule has 0 aromatic rings. The van der Waals surface area contributed by atoms with E-state index in [1.807, 2.05) is 4.90 Å². The number of thioether (sulfide) groups is 1. The standard InChI is InChI=1S/C9H16N2O4S/c12-3-6-16-9(13)8(10-14)7-11-1-4-15-5-2-11/h12,14H,1-7H2. The smallest absolute Gasteiger partial charge is 0.238 e. The summed E-state index contributed by atoms with van der Waals surface area (Å²) in [6.07, 6.45) is 0. The molecule has 1 fully saturated rings. The minimum absolute atomic E-state index is 0.0628. The molecule has 92 valence electrons. The van der Waals surface area contributed by atoms with E-state index < -0.39 is 0 Å². The highest BCUT2D eigenvalue weighted by molar-refractivity contribution is 8.15. The first-order valence-electron chi connectivity index (χ1n) is 5.07. The Morgan fingerprint density at radius 1 is 1.44 bits per heavy atom. The molecular weight excluding hydrogens is 232 g/mol. The second kappa shape index (κ2) is 7.61. The fourth-order valence-corrected chi connectivity index (χ4v) is 1.88. The van der Waals surface area contributed by atoms with Crippen molar-refractivity contribution in [2.24, 2.45) is 5.16 Å². The second-order valence-electron chi connectivity index (χ2n) is 3.29. The molecule has 0 atom stereocenters. The van der Waals surface area contributed by atoms with Gasteiger partial charge in [-0.15, -0.1) is 0 Å². The Hall–Kier alpha value is -0.630. The van der Waals surface area contributed by atoms with Crippen molar-refractivity contribution in [2.45, 2.75) is 0 Å². The first kappa shape index (κ1) is 13.4. The number of morpholine rings is 1. The number of hydrogen-bond acceptors (Lipinski definition) is 7. The van der Waals surface area contributed by atoms with Gasteiger partial charge in [-0.3, -0.25) is 9.69 Å². The second-order valence-corrected chi connectivity index (χ2v) is 4.36. The fourth-order valence-electron chi connectivity index (χ4n) is 1.33. The van der Waals surface area contributed by atoms with Crippen LogP contribution in [0.3, 0.4) is 0 Å². The molecule has 1 rings (SSSR count). The summed E-state index contributed by atoms with van der Waals surface area (Å²) in [4.78, 5) is 13.5. The molecule has 1 heterocycles. The van der Waals surface area contributed by atoms with Crippen molar-refractivity contribution < 1.29 is 19.8 Å². The third-order valence-electron chi connectivity index (χ3n) is 2.16. The van der Waals surface area contributed by atoms with Crippen molar-refractivity contribution in [3.05, 3.63) is 0 Å².